The van der Waals surface area contributed by atoms with Gasteiger partial charge in [-0.15, -0.1) is 0 Å². The molecular formula is C29H36O2Si. The number of hydrogen-bond donors (Lipinski definition) is 1. The largest absolute Gasteiger partial charge is 0.403 e. The van der Waals surface area contributed by atoms with Crippen LogP contribution < -0.4 is 10.4 Å². The maximum atomic E-state index is 9.37. The third-order valence-corrected chi connectivity index (χ3v) is 11.5. The first kappa shape index (κ1) is 24.2. The predicted molar refractivity (Wildman–Crippen MR) is 139 cm³/mol. The Morgan fingerprint density at radius 2 is 1.41 bits per heavy atom. The molecule has 0 spiro atoms. The van der Waals surface area contributed by atoms with Crippen molar-refractivity contribution >= 4 is 24.3 Å². The number of aliphatic hydroxyl groups excluding tert-OH is 1. The average molecular weight is 445 g/mol. The summed E-state index contributed by atoms with van der Waals surface area (Å²) in [4.78, 5) is 0. The van der Waals surface area contributed by atoms with Crippen LogP contribution >= 0.6 is 0 Å². The fourth-order valence-electron chi connectivity index (χ4n) is 4.73. The lowest BCUT2D eigenvalue weighted by Gasteiger charge is -2.43. The second-order valence-corrected chi connectivity index (χ2v) is 13.9. The zero-order chi connectivity index (χ0) is 23.4. The molecule has 0 saturated carbocycles. The van der Waals surface area contributed by atoms with Crippen LogP contribution in [-0.4, -0.2) is 20.0 Å². The van der Waals surface area contributed by atoms with E-state index in [1.165, 1.54) is 32.6 Å². The van der Waals surface area contributed by atoms with Crippen LogP contribution in [0.1, 0.15) is 49.9 Å². The molecule has 3 aromatic rings. The lowest BCUT2D eigenvalue weighted by atomic mass is 9.94. The van der Waals surface area contributed by atoms with E-state index < -0.39 is 8.32 Å². The fourth-order valence-corrected chi connectivity index (χ4v) is 9.25. The highest BCUT2D eigenvalue weighted by molar-refractivity contribution is 6.99. The smallest absolute Gasteiger partial charge is 0.261 e. The molecule has 0 atom stereocenters. The molecule has 32 heavy (non-hydrogen) atoms. The van der Waals surface area contributed by atoms with Gasteiger partial charge in [-0.05, 0) is 64.0 Å². The quantitative estimate of drug-likeness (QED) is 0.468. The predicted octanol–water partition coefficient (Wildman–Crippen LogP) is 5.78. The molecule has 0 aliphatic heterocycles. The number of aryl methyl sites for hydroxylation is 1. The van der Waals surface area contributed by atoms with E-state index in [0.29, 0.717) is 6.61 Å². The molecule has 2 nitrogen and oxygen atoms in total. The van der Waals surface area contributed by atoms with Gasteiger partial charge in [0, 0.05) is 0 Å². The zero-order valence-electron chi connectivity index (χ0n) is 20.3. The van der Waals surface area contributed by atoms with E-state index in [1.807, 2.05) is 6.08 Å². The average Bonchev–Trinajstić information content (AvgIpc) is 2.76. The van der Waals surface area contributed by atoms with Gasteiger partial charge >= 0.3 is 0 Å². The van der Waals surface area contributed by atoms with E-state index in [9.17, 15) is 5.11 Å². The molecule has 0 fully saturated rings. The van der Waals surface area contributed by atoms with Crippen LogP contribution in [0.15, 0.2) is 78.9 Å². The minimum absolute atomic E-state index is 0.0487. The maximum absolute atomic E-state index is 9.37. The monoisotopic (exact) mass is 444 g/mol. The van der Waals surface area contributed by atoms with Gasteiger partial charge in [-0.3, -0.25) is 0 Å². The lowest BCUT2D eigenvalue weighted by Crippen LogP contribution is -2.66. The fraction of sp³-hybridized carbons (Fsp3) is 0.310. The topological polar surface area (TPSA) is 29.5 Å². The molecule has 0 radical (unpaired) electrons. The van der Waals surface area contributed by atoms with E-state index >= 15 is 0 Å². The summed E-state index contributed by atoms with van der Waals surface area (Å²) in [6, 6.07) is 25.9. The standard InChI is InChI=1S/C29H36O2Si/c1-22-17-18-27(23(2)19-20-30)24(3)28(22)21-31-32(29(4,5)6,25-13-9-7-10-14-25)26-15-11-8-12-16-26/h7-19,30H,20-21H2,1-6H3/b23-19-. The molecule has 0 amide bonds. The molecule has 3 heteroatoms. The molecule has 3 rings (SSSR count). The first-order chi connectivity index (χ1) is 15.2. The van der Waals surface area contributed by atoms with Crippen molar-refractivity contribution in [2.75, 3.05) is 6.61 Å². The first-order valence-corrected chi connectivity index (χ1v) is 13.2. The zero-order valence-corrected chi connectivity index (χ0v) is 21.3. The third-order valence-electron chi connectivity index (χ3n) is 6.50. The Morgan fingerprint density at radius 3 is 1.88 bits per heavy atom. The highest BCUT2D eigenvalue weighted by Gasteiger charge is 2.50. The van der Waals surface area contributed by atoms with Crippen molar-refractivity contribution in [1.82, 2.24) is 0 Å². The van der Waals surface area contributed by atoms with Gasteiger partial charge < -0.3 is 9.53 Å². The van der Waals surface area contributed by atoms with Gasteiger partial charge in [0.1, 0.15) is 0 Å². The van der Waals surface area contributed by atoms with E-state index in [-0.39, 0.29) is 11.6 Å². The summed E-state index contributed by atoms with van der Waals surface area (Å²) in [5.74, 6) is 0. The van der Waals surface area contributed by atoms with Gasteiger partial charge in [0.2, 0.25) is 0 Å². The van der Waals surface area contributed by atoms with Gasteiger partial charge in [0.25, 0.3) is 8.32 Å². The third kappa shape index (κ3) is 4.66. The minimum Gasteiger partial charge on any atom is -0.403 e. The summed E-state index contributed by atoms with van der Waals surface area (Å²) in [7, 11) is -2.59. The molecule has 0 aliphatic carbocycles. The van der Waals surface area contributed by atoms with E-state index in [4.69, 9.17) is 4.43 Å². The summed E-state index contributed by atoms with van der Waals surface area (Å²) in [6.45, 7) is 13.9. The van der Waals surface area contributed by atoms with Crippen LogP contribution in [0.5, 0.6) is 0 Å². The van der Waals surface area contributed by atoms with Crippen LogP contribution in [0.25, 0.3) is 5.57 Å². The van der Waals surface area contributed by atoms with E-state index in [2.05, 4.69) is 114 Å². The molecule has 0 aliphatic rings. The summed E-state index contributed by atoms with van der Waals surface area (Å²) in [5, 5.41) is 11.9. The Labute approximate surface area is 194 Å². The first-order valence-electron chi connectivity index (χ1n) is 11.3. The van der Waals surface area contributed by atoms with Gasteiger partial charge in [-0.25, -0.2) is 0 Å². The molecule has 0 unspecified atom stereocenters. The Hall–Kier alpha value is -2.46. The molecule has 0 saturated heterocycles. The van der Waals surface area contributed by atoms with Gasteiger partial charge in [0.15, 0.2) is 0 Å². The molecule has 168 valence electrons. The Bertz CT molecular complexity index is 1020. The van der Waals surface area contributed by atoms with Gasteiger partial charge in [-0.1, -0.05) is 99.6 Å². The minimum atomic E-state index is -2.59. The number of allylic oxidation sites excluding steroid dienone is 1. The van der Waals surface area contributed by atoms with Crippen LogP contribution in [0, 0.1) is 13.8 Å². The van der Waals surface area contributed by atoms with Crippen LogP contribution in [-0.2, 0) is 11.0 Å². The summed E-state index contributed by atoms with van der Waals surface area (Å²) in [6.07, 6.45) is 1.87. The van der Waals surface area contributed by atoms with Crippen molar-refractivity contribution in [2.24, 2.45) is 0 Å². The normalized spacial score (nSPS) is 12.8. The molecule has 0 heterocycles. The summed E-state index contributed by atoms with van der Waals surface area (Å²) in [5.41, 5.74) is 5.97. The number of hydrogen-bond acceptors (Lipinski definition) is 2. The van der Waals surface area contributed by atoms with Gasteiger partial charge in [0.05, 0.1) is 13.2 Å². The Balaban J connectivity index is 2.14. The number of rotatable bonds is 7. The molecule has 0 aromatic heterocycles. The van der Waals surface area contributed by atoms with Crippen molar-refractivity contribution in [2.45, 2.75) is 53.2 Å². The highest BCUT2D eigenvalue weighted by atomic mass is 28.4. The van der Waals surface area contributed by atoms with Crippen molar-refractivity contribution in [3.05, 3.63) is 101 Å². The number of benzene rings is 3. The summed E-state index contributed by atoms with van der Waals surface area (Å²) < 4.78 is 7.18. The molecular weight excluding hydrogens is 408 g/mol. The molecule has 3 aromatic carbocycles. The second-order valence-electron chi connectivity index (χ2n) is 9.56. The van der Waals surface area contributed by atoms with Crippen molar-refractivity contribution in [3.63, 3.8) is 0 Å². The highest BCUT2D eigenvalue weighted by Crippen LogP contribution is 2.38. The second kappa shape index (κ2) is 9.99. The summed E-state index contributed by atoms with van der Waals surface area (Å²) >= 11 is 0. The molecule has 1 N–H and O–H groups in total. The van der Waals surface area contributed by atoms with E-state index in [1.54, 1.807) is 0 Å². The van der Waals surface area contributed by atoms with Crippen molar-refractivity contribution < 1.29 is 9.53 Å². The maximum Gasteiger partial charge on any atom is 0.261 e. The van der Waals surface area contributed by atoms with Crippen molar-refractivity contribution in [3.8, 4) is 0 Å². The van der Waals surface area contributed by atoms with Crippen molar-refractivity contribution in [1.29, 1.82) is 0 Å². The van der Waals surface area contributed by atoms with Crippen LogP contribution in [0.4, 0.5) is 0 Å². The SMILES string of the molecule is C/C(=C/CO)c1ccc(C)c(CO[Si](c2ccccc2)(c2ccccc2)C(C)(C)C)c1C. The van der Waals surface area contributed by atoms with E-state index in [0.717, 1.165) is 5.57 Å². The molecule has 0 bridgehead atoms. The van der Waals surface area contributed by atoms with Gasteiger partial charge in [-0.2, -0.15) is 0 Å². The Kier molecular flexibility index (Phi) is 7.55. The lowest BCUT2D eigenvalue weighted by molar-refractivity contribution is 0.285. The van der Waals surface area contributed by atoms with Crippen LogP contribution in [0.3, 0.4) is 0 Å². The van der Waals surface area contributed by atoms with Crippen LogP contribution in [0.2, 0.25) is 5.04 Å². The number of aliphatic hydroxyl groups is 1. The Morgan fingerprint density at radius 1 is 0.875 bits per heavy atom.